The SMILES string of the molecule is O=c1oc2ccccc2n1Cc1ccc(Br)s1. The predicted molar refractivity (Wildman–Crippen MR) is 71.6 cm³/mol. The summed E-state index contributed by atoms with van der Waals surface area (Å²) < 4.78 is 7.89. The molecule has 0 fully saturated rings. The van der Waals surface area contributed by atoms with Crippen molar-refractivity contribution >= 4 is 38.4 Å². The van der Waals surface area contributed by atoms with Crippen LogP contribution in [0, 0.1) is 0 Å². The molecule has 0 aliphatic carbocycles. The van der Waals surface area contributed by atoms with Gasteiger partial charge in [0.25, 0.3) is 0 Å². The van der Waals surface area contributed by atoms with Crippen LogP contribution in [0.2, 0.25) is 0 Å². The molecule has 17 heavy (non-hydrogen) atoms. The first-order valence-corrected chi connectivity index (χ1v) is 6.67. The van der Waals surface area contributed by atoms with E-state index in [1.54, 1.807) is 22.0 Å². The number of hydrogen-bond acceptors (Lipinski definition) is 3. The van der Waals surface area contributed by atoms with E-state index in [9.17, 15) is 4.79 Å². The lowest BCUT2D eigenvalue weighted by atomic mass is 10.3. The summed E-state index contributed by atoms with van der Waals surface area (Å²) in [5.74, 6) is -0.310. The van der Waals surface area contributed by atoms with E-state index in [0.717, 1.165) is 14.2 Å². The summed E-state index contributed by atoms with van der Waals surface area (Å²) in [4.78, 5) is 12.9. The van der Waals surface area contributed by atoms with Crippen molar-refractivity contribution in [3.05, 3.63) is 55.6 Å². The number of aromatic nitrogens is 1. The maximum Gasteiger partial charge on any atom is 0.420 e. The zero-order chi connectivity index (χ0) is 11.8. The van der Waals surface area contributed by atoms with Gasteiger partial charge in [-0.1, -0.05) is 12.1 Å². The Bertz CT molecular complexity index is 725. The lowest BCUT2D eigenvalue weighted by Crippen LogP contribution is -2.14. The molecule has 0 saturated carbocycles. The zero-order valence-electron chi connectivity index (χ0n) is 8.72. The van der Waals surface area contributed by atoms with Gasteiger partial charge in [-0.25, -0.2) is 4.79 Å². The highest BCUT2D eigenvalue weighted by Crippen LogP contribution is 2.23. The van der Waals surface area contributed by atoms with E-state index in [4.69, 9.17) is 4.42 Å². The van der Waals surface area contributed by atoms with Crippen LogP contribution in [0.4, 0.5) is 0 Å². The van der Waals surface area contributed by atoms with Crippen LogP contribution in [0.5, 0.6) is 0 Å². The number of thiophene rings is 1. The first kappa shape index (κ1) is 10.8. The van der Waals surface area contributed by atoms with E-state index >= 15 is 0 Å². The number of halogens is 1. The Balaban J connectivity index is 2.11. The van der Waals surface area contributed by atoms with E-state index in [1.807, 2.05) is 30.3 Å². The molecule has 0 spiro atoms. The number of rotatable bonds is 2. The number of nitrogens with zero attached hydrogens (tertiary/aromatic N) is 1. The second-order valence-electron chi connectivity index (χ2n) is 3.63. The second-order valence-corrected chi connectivity index (χ2v) is 6.18. The van der Waals surface area contributed by atoms with Crippen LogP contribution in [0.1, 0.15) is 4.88 Å². The van der Waals surface area contributed by atoms with Gasteiger partial charge in [0.15, 0.2) is 5.58 Å². The Labute approximate surface area is 109 Å². The molecule has 1 aromatic carbocycles. The molecule has 0 unspecified atom stereocenters. The molecule has 0 aliphatic heterocycles. The van der Waals surface area contributed by atoms with Crippen LogP contribution >= 0.6 is 27.3 Å². The summed E-state index contributed by atoms with van der Waals surface area (Å²) >= 11 is 5.03. The highest BCUT2D eigenvalue weighted by atomic mass is 79.9. The summed E-state index contributed by atoms with van der Waals surface area (Å²) in [5, 5.41) is 0. The van der Waals surface area contributed by atoms with Crippen molar-refractivity contribution in [2.45, 2.75) is 6.54 Å². The van der Waals surface area contributed by atoms with Gasteiger partial charge in [0.05, 0.1) is 15.8 Å². The van der Waals surface area contributed by atoms with Crippen molar-refractivity contribution in [3.63, 3.8) is 0 Å². The molecule has 5 heteroatoms. The molecule has 0 saturated heterocycles. The minimum atomic E-state index is -0.310. The standard InChI is InChI=1S/C12H8BrNO2S/c13-11-6-5-8(17-11)7-14-9-3-1-2-4-10(9)16-12(14)15/h1-6H,7H2. The molecule has 3 nitrogen and oxygen atoms in total. The largest absolute Gasteiger partial charge is 0.420 e. The van der Waals surface area contributed by atoms with Gasteiger partial charge < -0.3 is 4.42 Å². The maximum absolute atomic E-state index is 11.7. The van der Waals surface area contributed by atoms with Gasteiger partial charge in [-0.15, -0.1) is 11.3 Å². The normalized spacial score (nSPS) is 11.1. The van der Waals surface area contributed by atoms with Crippen LogP contribution < -0.4 is 5.76 Å². The minimum Gasteiger partial charge on any atom is -0.408 e. The number of para-hydroxylation sites is 2. The van der Waals surface area contributed by atoms with Crippen molar-refractivity contribution in [2.75, 3.05) is 0 Å². The Kier molecular flexibility index (Phi) is 2.64. The molecule has 0 aliphatic rings. The van der Waals surface area contributed by atoms with Crippen LogP contribution in [0.3, 0.4) is 0 Å². The third-order valence-corrected chi connectivity index (χ3v) is 4.12. The van der Waals surface area contributed by atoms with Gasteiger partial charge >= 0.3 is 5.76 Å². The summed E-state index contributed by atoms with van der Waals surface area (Å²) in [7, 11) is 0. The molecule has 86 valence electrons. The van der Waals surface area contributed by atoms with E-state index in [0.29, 0.717) is 12.1 Å². The van der Waals surface area contributed by atoms with Crippen molar-refractivity contribution in [3.8, 4) is 0 Å². The molecule has 2 aromatic heterocycles. The Morgan fingerprint density at radius 1 is 1.24 bits per heavy atom. The Morgan fingerprint density at radius 2 is 2.06 bits per heavy atom. The highest BCUT2D eigenvalue weighted by molar-refractivity contribution is 9.11. The summed E-state index contributed by atoms with van der Waals surface area (Å²) in [6, 6.07) is 11.4. The van der Waals surface area contributed by atoms with E-state index < -0.39 is 0 Å². The topological polar surface area (TPSA) is 35.1 Å². The first-order valence-electron chi connectivity index (χ1n) is 5.06. The van der Waals surface area contributed by atoms with Crippen molar-refractivity contribution < 1.29 is 4.42 Å². The van der Waals surface area contributed by atoms with Gasteiger partial charge in [-0.05, 0) is 40.2 Å². The average molecular weight is 310 g/mol. The number of benzene rings is 1. The summed E-state index contributed by atoms with van der Waals surface area (Å²) in [5.41, 5.74) is 1.47. The predicted octanol–water partition coefficient (Wildman–Crippen LogP) is 3.47. The third kappa shape index (κ3) is 1.96. The highest BCUT2D eigenvalue weighted by Gasteiger charge is 2.09. The second kappa shape index (κ2) is 4.16. The van der Waals surface area contributed by atoms with Gasteiger partial charge in [0.2, 0.25) is 0 Å². The monoisotopic (exact) mass is 309 g/mol. The van der Waals surface area contributed by atoms with Gasteiger partial charge in [-0.3, -0.25) is 4.57 Å². The third-order valence-electron chi connectivity index (χ3n) is 2.52. The van der Waals surface area contributed by atoms with Crippen molar-refractivity contribution in [1.29, 1.82) is 0 Å². The van der Waals surface area contributed by atoms with Gasteiger partial charge in [0.1, 0.15) is 0 Å². The zero-order valence-corrected chi connectivity index (χ0v) is 11.1. The molecule has 0 atom stereocenters. The number of oxazole rings is 1. The quantitative estimate of drug-likeness (QED) is 0.726. The molecular weight excluding hydrogens is 302 g/mol. The Hall–Kier alpha value is -1.33. The van der Waals surface area contributed by atoms with Gasteiger partial charge in [0, 0.05) is 4.88 Å². The minimum absolute atomic E-state index is 0.310. The van der Waals surface area contributed by atoms with E-state index in [-0.39, 0.29) is 5.76 Å². The fourth-order valence-corrected chi connectivity index (χ4v) is 3.23. The molecular formula is C12H8BrNO2S. The smallest absolute Gasteiger partial charge is 0.408 e. The van der Waals surface area contributed by atoms with Crippen molar-refractivity contribution in [1.82, 2.24) is 4.57 Å². The Morgan fingerprint density at radius 3 is 2.82 bits per heavy atom. The number of hydrogen-bond donors (Lipinski definition) is 0. The van der Waals surface area contributed by atoms with Crippen molar-refractivity contribution in [2.24, 2.45) is 0 Å². The number of fused-ring (bicyclic) bond motifs is 1. The molecule has 3 aromatic rings. The van der Waals surface area contributed by atoms with Gasteiger partial charge in [-0.2, -0.15) is 0 Å². The average Bonchev–Trinajstić information content (AvgIpc) is 2.85. The van der Waals surface area contributed by atoms with Crippen LogP contribution in [0.15, 0.2) is 49.4 Å². The van der Waals surface area contributed by atoms with Crippen LogP contribution in [0.25, 0.3) is 11.1 Å². The summed E-state index contributed by atoms with van der Waals surface area (Å²) in [6.07, 6.45) is 0. The molecule has 0 N–H and O–H groups in total. The fourth-order valence-electron chi connectivity index (χ4n) is 1.76. The molecule has 3 rings (SSSR count). The maximum atomic E-state index is 11.7. The first-order chi connectivity index (χ1) is 8.24. The fraction of sp³-hybridized carbons (Fsp3) is 0.0833. The van der Waals surface area contributed by atoms with E-state index in [1.165, 1.54) is 0 Å². The molecule has 0 radical (unpaired) electrons. The van der Waals surface area contributed by atoms with Crippen LogP contribution in [-0.4, -0.2) is 4.57 Å². The molecule has 0 bridgehead atoms. The van der Waals surface area contributed by atoms with Crippen LogP contribution in [-0.2, 0) is 6.54 Å². The van der Waals surface area contributed by atoms with E-state index in [2.05, 4.69) is 15.9 Å². The summed E-state index contributed by atoms with van der Waals surface area (Å²) in [6.45, 7) is 0.548. The molecule has 2 heterocycles. The lowest BCUT2D eigenvalue weighted by molar-refractivity contribution is 0.518. The lowest BCUT2D eigenvalue weighted by Gasteiger charge is -1.98. The molecule has 0 amide bonds.